The van der Waals surface area contributed by atoms with Gasteiger partial charge in [0.2, 0.25) is 5.91 Å². The summed E-state index contributed by atoms with van der Waals surface area (Å²) in [6, 6.07) is 4.66. The summed E-state index contributed by atoms with van der Waals surface area (Å²) in [6.45, 7) is 1.36. The van der Waals surface area contributed by atoms with E-state index in [9.17, 15) is 13.2 Å². The average molecular weight is 387 g/mol. The Morgan fingerprint density at radius 2 is 1.93 bits per heavy atom. The highest BCUT2D eigenvalue weighted by molar-refractivity contribution is 7.90. The highest BCUT2D eigenvalue weighted by Crippen LogP contribution is 2.38. The van der Waals surface area contributed by atoms with Crippen LogP contribution in [0.25, 0.3) is 11.1 Å². The summed E-state index contributed by atoms with van der Waals surface area (Å²) < 4.78 is 29.3. The number of hydrogen-bond donors (Lipinski definition) is 1. The van der Waals surface area contributed by atoms with E-state index in [1.165, 1.54) is 24.2 Å². The monoisotopic (exact) mass is 387 g/mol. The second-order valence-electron chi connectivity index (χ2n) is 6.66. The Morgan fingerprint density at radius 3 is 2.48 bits per heavy atom. The molecule has 8 nitrogen and oxygen atoms in total. The number of nitrogens with zero attached hydrogens (tertiary/aromatic N) is 4. The number of benzene rings is 1. The molecule has 3 rings (SSSR count). The van der Waals surface area contributed by atoms with Crippen molar-refractivity contribution in [3.8, 4) is 11.1 Å². The number of hydrogen-bond acceptors (Lipinski definition) is 5. The summed E-state index contributed by atoms with van der Waals surface area (Å²) in [4.78, 5) is 21.6. The molecule has 0 aliphatic heterocycles. The maximum atomic E-state index is 12.8. The minimum absolute atomic E-state index is 0.0189. The van der Waals surface area contributed by atoms with Crippen molar-refractivity contribution in [1.82, 2.24) is 14.9 Å². The third kappa shape index (κ3) is 4.68. The van der Waals surface area contributed by atoms with Crippen LogP contribution in [0.15, 0.2) is 39.9 Å². The smallest absolute Gasteiger partial charge is 0.284 e. The van der Waals surface area contributed by atoms with Gasteiger partial charge in [0.05, 0.1) is 4.90 Å². The fourth-order valence-corrected chi connectivity index (χ4v) is 3.66. The van der Waals surface area contributed by atoms with E-state index in [2.05, 4.69) is 19.7 Å². The summed E-state index contributed by atoms with van der Waals surface area (Å²) in [7, 11) is -0.628. The van der Waals surface area contributed by atoms with Gasteiger partial charge in [0, 0.05) is 56.1 Å². The quantitative estimate of drug-likeness (QED) is 0.602. The molecule has 0 saturated heterocycles. The number of anilines is 1. The van der Waals surface area contributed by atoms with Crippen molar-refractivity contribution in [2.24, 2.45) is 4.40 Å². The SMILES string of the molecule is CC(=O)Nc1ccc(-c2cnc(C3CC3)nc2)c(S(=O)(=O)/N=C/N(C)C)c1. The van der Waals surface area contributed by atoms with Crippen LogP contribution in [0, 0.1) is 0 Å². The number of aromatic nitrogens is 2. The summed E-state index contributed by atoms with van der Waals surface area (Å²) in [5, 5.41) is 2.60. The van der Waals surface area contributed by atoms with Crippen LogP contribution < -0.4 is 5.32 Å². The predicted molar refractivity (Wildman–Crippen MR) is 103 cm³/mol. The van der Waals surface area contributed by atoms with Gasteiger partial charge in [-0.2, -0.15) is 8.42 Å². The van der Waals surface area contributed by atoms with Gasteiger partial charge in [0.25, 0.3) is 10.0 Å². The standard InChI is InChI=1S/C18H21N5O3S/c1-12(24)22-15-6-7-16(14-9-19-18(20-10-14)13-4-5-13)17(8-15)27(25,26)21-11-23(2)3/h6-11,13H,4-5H2,1-3H3,(H,22,24)/b21-11+. The van der Waals surface area contributed by atoms with Gasteiger partial charge in [-0.3, -0.25) is 4.79 Å². The molecule has 0 atom stereocenters. The van der Waals surface area contributed by atoms with Crippen LogP contribution in [0.2, 0.25) is 0 Å². The number of rotatable bonds is 6. The highest BCUT2D eigenvalue weighted by Gasteiger charge is 2.26. The van der Waals surface area contributed by atoms with Crippen molar-refractivity contribution in [2.45, 2.75) is 30.6 Å². The second kappa shape index (κ2) is 7.43. The fraction of sp³-hybridized carbons (Fsp3) is 0.333. The zero-order valence-corrected chi connectivity index (χ0v) is 16.2. The van der Waals surface area contributed by atoms with E-state index < -0.39 is 10.0 Å². The third-order valence-corrected chi connectivity index (χ3v) is 5.19. The lowest BCUT2D eigenvalue weighted by atomic mass is 10.1. The van der Waals surface area contributed by atoms with E-state index in [0.29, 0.717) is 22.7 Å². The van der Waals surface area contributed by atoms with Gasteiger partial charge < -0.3 is 10.2 Å². The zero-order valence-electron chi connectivity index (χ0n) is 15.4. The van der Waals surface area contributed by atoms with Crippen LogP contribution in [0.1, 0.15) is 31.5 Å². The topological polar surface area (TPSA) is 105 Å². The molecule has 1 heterocycles. The molecule has 1 fully saturated rings. The maximum Gasteiger partial charge on any atom is 0.284 e. The van der Waals surface area contributed by atoms with Crippen molar-refractivity contribution in [3.63, 3.8) is 0 Å². The molecule has 1 N–H and O–H groups in total. The zero-order chi connectivity index (χ0) is 19.6. The first-order valence-corrected chi connectivity index (χ1v) is 9.91. The van der Waals surface area contributed by atoms with Crippen molar-refractivity contribution in [3.05, 3.63) is 36.4 Å². The summed E-state index contributed by atoms with van der Waals surface area (Å²) in [5.41, 5.74) is 1.38. The van der Waals surface area contributed by atoms with Crippen LogP contribution in [0.5, 0.6) is 0 Å². The Labute approximate surface area is 158 Å². The Hall–Kier alpha value is -2.81. The molecule has 27 heavy (non-hydrogen) atoms. The van der Waals surface area contributed by atoms with Gasteiger partial charge in [-0.05, 0) is 25.0 Å². The molecule has 0 unspecified atom stereocenters. The van der Waals surface area contributed by atoms with Gasteiger partial charge in [-0.1, -0.05) is 6.07 Å². The van der Waals surface area contributed by atoms with Crippen LogP contribution in [-0.2, 0) is 14.8 Å². The molecular weight excluding hydrogens is 366 g/mol. The molecule has 1 amide bonds. The van der Waals surface area contributed by atoms with E-state index in [-0.39, 0.29) is 10.8 Å². The Bertz CT molecular complexity index is 981. The van der Waals surface area contributed by atoms with Crippen molar-refractivity contribution in [2.75, 3.05) is 19.4 Å². The molecule has 1 aromatic heterocycles. The van der Waals surface area contributed by atoms with Crippen LogP contribution in [0.4, 0.5) is 5.69 Å². The molecule has 0 bridgehead atoms. The van der Waals surface area contributed by atoms with Gasteiger partial charge in [-0.15, -0.1) is 4.40 Å². The molecule has 1 aliphatic carbocycles. The van der Waals surface area contributed by atoms with Crippen molar-refractivity contribution >= 4 is 28.0 Å². The van der Waals surface area contributed by atoms with E-state index in [0.717, 1.165) is 18.7 Å². The largest absolute Gasteiger partial charge is 0.368 e. The van der Waals surface area contributed by atoms with Crippen LogP contribution in [-0.4, -0.2) is 49.6 Å². The van der Waals surface area contributed by atoms with Gasteiger partial charge in [0.1, 0.15) is 12.2 Å². The van der Waals surface area contributed by atoms with Crippen molar-refractivity contribution < 1.29 is 13.2 Å². The summed E-state index contributed by atoms with van der Waals surface area (Å²) >= 11 is 0. The lowest BCUT2D eigenvalue weighted by Crippen LogP contribution is -2.11. The second-order valence-corrected chi connectivity index (χ2v) is 8.26. The van der Waals surface area contributed by atoms with Gasteiger partial charge in [0.15, 0.2) is 0 Å². The molecule has 1 saturated carbocycles. The maximum absolute atomic E-state index is 12.8. The van der Waals surface area contributed by atoms with Gasteiger partial charge in [-0.25, -0.2) is 9.97 Å². The molecule has 9 heteroatoms. The molecule has 2 aromatic rings. The molecule has 1 aliphatic rings. The van der Waals surface area contributed by atoms with E-state index in [1.54, 1.807) is 38.6 Å². The number of carbonyl (C=O) groups excluding carboxylic acids is 1. The minimum atomic E-state index is -3.99. The molecule has 1 aromatic carbocycles. The molecular formula is C18H21N5O3S. The van der Waals surface area contributed by atoms with E-state index in [1.807, 2.05) is 0 Å². The Kier molecular flexibility index (Phi) is 5.22. The molecule has 0 spiro atoms. The number of nitrogens with one attached hydrogen (secondary N) is 1. The number of amides is 1. The third-order valence-electron chi connectivity index (χ3n) is 3.92. The average Bonchev–Trinajstić information content (AvgIpc) is 3.45. The minimum Gasteiger partial charge on any atom is -0.368 e. The normalized spacial score (nSPS) is 14.3. The fourth-order valence-electron chi connectivity index (χ4n) is 2.50. The van der Waals surface area contributed by atoms with Gasteiger partial charge >= 0.3 is 0 Å². The lowest BCUT2D eigenvalue weighted by Gasteiger charge is -2.11. The highest BCUT2D eigenvalue weighted by atomic mass is 32.2. The first-order chi connectivity index (χ1) is 12.8. The lowest BCUT2D eigenvalue weighted by molar-refractivity contribution is -0.114. The first kappa shape index (κ1) is 19.0. The summed E-state index contributed by atoms with van der Waals surface area (Å²) in [6.07, 6.45) is 6.65. The Balaban J connectivity index is 2.07. The van der Waals surface area contributed by atoms with Crippen LogP contribution >= 0.6 is 0 Å². The predicted octanol–water partition coefficient (Wildman–Crippen LogP) is 2.26. The Morgan fingerprint density at radius 1 is 1.26 bits per heavy atom. The molecule has 142 valence electrons. The molecule has 0 radical (unpaired) electrons. The van der Waals surface area contributed by atoms with E-state index >= 15 is 0 Å². The number of carbonyl (C=O) groups is 1. The van der Waals surface area contributed by atoms with Crippen LogP contribution in [0.3, 0.4) is 0 Å². The number of sulfonamides is 1. The first-order valence-electron chi connectivity index (χ1n) is 8.47. The van der Waals surface area contributed by atoms with E-state index in [4.69, 9.17) is 0 Å². The summed E-state index contributed by atoms with van der Waals surface area (Å²) in [5.74, 6) is 0.901. The van der Waals surface area contributed by atoms with Crippen molar-refractivity contribution in [1.29, 1.82) is 0 Å².